The number of ether oxygens (including phenoxy) is 1. The van der Waals surface area contributed by atoms with Gasteiger partial charge in [0.15, 0.2) is 27.7 Å². The van der Waals surface area contributed by atoms with Crippen molar-refractivity contribution in [1.29, 1.82) is 0 Å². The lowest BCUT2D eigenvalue weighted by molar-refractivity contribution is -0.275. The van der Waals surface area contributed by atoms with Crippen LogP contribution in [0.2, 0.25) is 4.34 Å². The van der Waals surface area contributed by atoms with Gasteiger partial charge in [0.25, 0.3) is 5.91 Å². The van der Waals surface area contributed by atoms with Crippen LogP contribution in [0.3, 0.4) is 0 Å². The van der Waals surface area contributed by atoms with Crippen LogP contribution >= 0.6 is 22.9 Å². The summed E-state index contributed by atoms with van der Waals surface area (Å²) in [5.41, 5.74) is 0.0351. The van der Waals surface area contributed by atoms with Gasteiger partial charge in [-0.15, -0.1) is 13.2 Å². The number of nitrogens with zero attached hydrogens (tertiary/aromatic N) is 1. The number of benzene rings is 2. The average Bonchev–Trinajstić information content (AvgIpc) is 3.11. The molecule has 1 unspecified atom stereocenters. The number of amides is 1. The van der Waals surface area contributed by atoms with E-state index in [0.29, 0.717) is 4.34 Å². The normalized spacial score (nSPS) is 12.3. The molecule has 1 amide bonds. The second kappa shape index (κ2) is 9.79. The van der Waals surface area contributed by atoms with Gasteiger partial charge in [-0.05, 0) is 35.9 Å². The molecule has 32 heavy (non-hydrogen) atoms. The fourth-order valence-corrected chi connectivity index (χ4v) is 4.18. The van der Waals surface area contributed by atoms with E-state index in [1.54, 1.807) is 0 Å². The standard InChI is InChI=1S/C18H11ClF5N3O3S2/c19-15-8-26-17(31-15)27-32(29)14-4-2-10(6-12(14)21)16(28)25-7-9-1-3-13(11(20)5-9)30-18(22,23)24/h1-6,8H,7H2,(H,25,28)(H,26,27). The Labute approximate surface area is 189 Å². The molecule has 2 N–H and O–H groups in total. The Bertz CT molecular complexity index is 1170. The molecule has 0 saturated heterocycles. The van der Waals surface area contributed by atoms with Crippen LogP contribution in [0.4, 0.5) is 27.1 Å². The summed E-state index contributed by atoms with van der Waals surface area (Å²) in [5, 5.41) is 2.60. The molecular weight excluding hydrogens is 501 g/mol. The first-order valence-corrected chi connectivity index (χ1v) is 10.8. The topological polar surface area (TPSA) is 80.3 Å². The number of carbonyl (C=O) groups is 1. The van der Waals surface area contributed by atoms with Crippen LogP contribution < -0.4 is 14.8 Å². The number of thiazole rings is 1. The first-order valence-electron chi connectivity index (χ1n) is 8.43. The number of alkyl halides is 3. The predicted molar refractivity (Wildman–Crippen MR) is 108 cm³/mol. The number of hydrogen-bond donors (Lipinski definition) is 2. The Morgan fingerprint density at radius 3 is 2.50 bits per heavy atom. The molecule has 1 atom stereocenters. The van der Waals surface area contributed by atoms with E-state index in [4.69, 9.17) is 11.6 Å². The van der Waals surface area contributed by atoms with E-state index in [1.165, 1.54) is 12.3 Å². The van der Waals surface area contributed by atoms with E-state index in [0.717, 1.165) is 41.7 Å². The Hall–Kier alpha value is -2.77. The summed E-state index contributed by atoms with van der Waals surface area (Å²) in [4.78, 5) is 15.8. The van der Waals surface area contributed by atoms with Crippen molar-refractivity contribution in [2.45, 2.75) is 17.8 Å². The van der Waals surface area contributed by atoms with Crippen molar-refractivity contribution in [3.8, 4) is 5.75 Å². The van der Waals surface area contributed by atoms with Crippen LogP contribution in [-0.2, 0) is 17.5 Å². The van der Waals surface area contributed by atoms with Crippen LogP contribution in [0.15, 0.2) is 47.5 Å². The zero-order chi connectivity index (χ0) is 23.5. The number of anilines is 1. The van der Waals surface area contributed by atoms with Crippen LogP contribution in [0.5, 0.6) is 5.75 Å². The van der Waals surface area contributed by atoms with Gasteiger partial charge in [0.2, 0.25) is 0 Å². The molecule has 0 aliphatic carbocycles. The van der Waals surface area contributed by atoms with E-state index >= 15 is 0 Å². The molecule has 14 heteroatoms. The van der Waals surface area contributed by atoms with E-state index in [2.05, 4.69) is 19.8 Å². The molecule has 0 bridgehead atoms. The van der Waals surface area contributed by atoms with Crippen molar-refractivity contribution in [3.05, 3.63) is 69.7 Å². The van der Waals surface area contributed by atoms with Crippen molar-refractivity contribution in [2.24, 2.45) is 0 Å². The Balaban J connectivity index is 1.62. The molecule has 2 aromatic carbocycles. The van der Waals surface area contributed by atoms with Gasteiger partial charge in [-0.2, -0.15) is 0 Å². The maximum absolute atomic E-state index is 14.4. The van der Waals surface area contributed by atoms with Crippen molar-refractivity contribution < 1.29 is 35.7 Å². The predicted octanol–water partition coefficient (Wildman–Crippen LogP) is 5.04. The highest BCUT2D eigenvalue weighted by Gasteiger charge is 2.32. The smallest absolute Gasteiger partial charge is 0.403 e. The van der Waals surface area contributed by atoms with Gasteiger partial charge < -0.3 is 10.1 Å². The number of hydrogen-bond acceptors (Lipinski definition) is 5. The fourth-order valence-electron chi connectivity index (χ4n) is 2.37. The zero-order valence-electron chi connectivity index (χ0n) is 15.5. The summed E-state index contributed by atoms with van der Waals surface area (Å²) in [5.74, 6) is -3.93. The third kappa shape index (κ3) is 6.37. The molecule has 0 aliphatic heterocycles. The summed E-state index contributed by atoms with van der Waals surface area (Å²) in [6.45, 7) is -0.246. The van der Waals surface area contributed by atoms with E-state index in [1.807, 2.05) is 0 Å². The van der Waals surface area contributed by atoms with Crippen LogP contribution in [-0.4, -0.2) is 21.5 Å². The lowest BCUT2D eigenvalue weighted by Gasteiger charge is -2.11. The van der Waals surface area contributed by atoms with Gasteiger partial charge in [-0.1, -0.05) is 29.0 Å². The molecule has 0 fully saturated rings. The summed E-state index contributed by atoms with van der Waals surface area (Å²) in [6.07, 6.45) is -3.71. The second-order valence-corrected chi connectivity index (χ2v) is 8.82. The summed E-state index contributed by atoms with van der Waals surface area (Å²) < 4.78 is 83.2. The highest BCUT2D eigenvalue weighted by atomic mass is 35.5. The van der Waals surface area contributed by atoms with Gasteiger partial charge in [0, 0.05) is 12.1 Å². The highest BCUT2D eigenvalue weighted by Crippen LogP contribution is 2.26. The maximum Gasteiger partial charge on any atom is 0.573 e. The van der Waals surface area contributed by atoms with Crippen molar-refractivity contribution in [2.75, 3.05) is 4.72 Å². The molecule has 0 radical (unpaired) electrons. The zero-order valence-corrected chi connectivity index (χ0v) is 17.9. The van der Waals surface area contributed by atoms with Crippen molar-refractivity contribution in [1.82, 2.24) is 10.3 Å². The first-order chi connectivity index (χ1) is 15.0. The van der Waals surface area contributed by atoms with Crippen LogP contribution in [0.25, 0.3) is 0 Å². The average molecular weight is 512 g/mol. The van der Waals surface area contributed by atoms with Crippen LogP contribution in [0.1, 0.15) is 15.9 Å². The number of aromatic nitrogens is 1. The minimum Gasteiger partial charge on any atom is -0.403 e. The molecule has 0 saturated carbocycles. The van der Waals surface area contributed by atoms with Gasteiger partial charge in [0.1, 0.15) is 10.2 Å². The highest BCUT2D eigenvalue weighted by molar-refractivity contribution is 7.86. The summed E-state index contributed by atoms with van der Waals surface area (Å²) >= 11 is 6.73. The second-order valence-electron chi connectivity index (χ2n) is 5.98. The van der Waals surface area contributed by atoms with Gasteiger partial charge in [-0.25, -0.2) is 18.0 Å². The number of carbonyl (C=O) groups excluding carboxylic acids is 1. The van der Waals surface area contributed by atoms with E-state index < -0.39 is 40.6 Å². The number of rotatable bonds is 7. The molecular formula is C18H11ClF5N3O3S2. The van der Waals surface area contributed by atoms with Gasteiger partial charge in [-0.3, -0.25) is 9.52 Å². The summed E-state index contributed by atoms with van der Waals surface area (Å²) in [7, 11) is -2.00. The van der Waals surface area contributed by atoms with Crippen molar-refractivity contribution in [3.63, 3.8) is 0 Å². The molecule has 0 aliphatic rings. The molecule has 170 valence electrons. The Morgan fingerprint density at radius 2 is 1.91 bits per heavy atom. The minimum atomic E-state index is -5.04. The minimum absolute atomic E-state index is 0.113. The molecule has 6 nitrogen and oxygen atoms in total. The lowest BCUT2D eigenvalue weighted by Crippen LogP contribution is -2.23. The third-order valence-corrected chi connectivity index (χ3v) is 6.00. The molecule has 1 aromatic heterocycles. The summed E-state index contributed by atoms with van der Waals surface area (Å²) in [6, 6.07) is 5.91. The lowest BCUT2D eigenvalue weighted by atomic mass is 10.1. The largest absolute Gasteiger partial charge is 0.573 e. The van der Waals surface area contributed by atoms with Crippen molar-refractivity contribution >= 4 is 45.0 Å². The number of halogens is 6. The molecule has 0 spiro atoms. The third-order valence-electron chi connectivity index (χ3n) is 3.73. The quantitative estimate of drug-likeness (QED) is 0.436. The van der Waals surface area contributed by atoms with Crippen LogP contribution in [0, 0.1) is 11.6 Å². The molecule has 3 aromatic rings. The first kappa shape index (κ1) is 23.9. The van der Waals surface area contributed by atoms with Gasteiger partial charge >= 0.3 is 6.36 Å². The van der Waals surface area contributed by atoms with Gasteiger partial charge in [0.05, 0.1) is 11.1 Å². The molecule has 3 rings (SSSR count). The van der Waals surface area contributed by atoms with E-state index in [9.17, 15) is 31.0 Å². The SMILES string of the molecule is O=C(NCc1ccc(OC(F)(F)F)c(F)c1)c1ccc(S(=O)Nc2ncc(Cl)s2)c(F)c1. The molecule has 1 heterocycles. The Kier molecular flexibility index (Phi) is 7.31. The Morgan fingerprint density at radius 1 is 1.16 bits per heavy atom. The fraction of sp³-hybridized carbons (Fsp3) is 0.111. The monoisotopic (exact) mass is 511 g/mol. The van der Waals surface area contributed by atoms with E-state index in [-0.39, 0.29) is 27.7 Å². The maximum atomic E-state index is 14.4. The number of nitrogens with one attached hydrogen (secondary N) is 2.